The topological polar surface area (TPSA) is 86.5 Å². The van der Waals surface area contributed by atoms with Gasteiger partial charge in [-0.3, -0.25) is 4.98 Å². The third kappa shape index (κ3) is 3.63. The van der Waals surface area contributed by atoms with Crippen LogP contribution < -0.4 is 10.6 Å². The molecule has 1 aliphatic heterocycles. The van der Waals surface area contributed by atoms with E-state index in [-0.39, 0.29) is 0 Å². The van der Waals surface area contributed by atoms with E-state index in [0.717, 1.165) is 37.2 Å². The van der Waals surface area contributed by atoms with E-state index >= 15 is 0 Å². The molecule has 23 heavy (non-hydrogen) atoms. The molecule has 0 bridgehead atoms. The Bertz CT molecular complexity index is 688. The molecule has 1 atom stereocenters. The molecule has 1 fully saturated rings. The Morgan fingerprint density at radius 3 is 2.83 bits per heavy atom. The molecule has 0 aromatic carbocycles. The van der Waals surface area contributed by atoms with E-state index in [1.807, 2.05) is 25.1 Å². The summed E-state index contributed by atoms with van der Waals surface area (Å²) >= 11 is 0. The minimum absolute atomic E-state index is 0.377. The van der Waals surface area contributed by atoms with Crippen molar-refractivity contribution < 1.29 is 0 Å². The van der Waals surface area contributed by atoms with Crippen molar-refractivity contribution >= 4 is 5.95 Å². The number of hydrogen-bond donors (Lipinski definition) is 2. The van der Waals surface area contributed by atoms with Gasteiger partial charge in [0.15, 0.2) is 0 Å². The van der Waals surface area contributed by atoms with Crippen molar-refractivity contribution in [2.45, 2.75) is 31.7 Å². The van der Waals surface area contributed by atoms with E-state index in [1.165, 1.54) is 0 Å². The molecule has 3 heterocycles. The van der Waals surface area contributed by atoms with E-state index in [0.29, 0.717) is 17.7 Å². The number of aryl methyl sites for hydroxylation is 1. The lowest BCUT2D eigenvalue weighted by molar-refractivity contribution is 0.477. The standard InChI is InChI=1S/C17H20N6/c1-12-11-21-17(22-13-5-8-19-9-6-13)23-16(12)14(10-18)15-4-2-3-7-20-15/h2-4,7,11,13-14,19H,5-6,8-9H2,1H3,(H,21,22,23). The fourth-order valence-electron chi connectivity index (χ4n) is 2.78. The van der Waals surface area contributed by atoms with Gasteiger partial charge in [-0.1, -0.05) is 6.07 Å². The number of nitrogens with zero attached hydrogens (tertiary/aromatic N) is 4. The zero-order valence-electron chi connectivity index (χ0n) is 13.2. The molecule has 6 heteroatoms. The Labute approximate surface area is 136 Å². The number of nitrogens with one attached hydrogen (secondary N) is 2. The van der Waals surface area contributed by atoms with Crippen molar-refractivity contribution in [1.29, 1.82) is 5.26 Å². The number of piperidine rings is 1. The van der Waals surface area contributed by atoms with Crippen LogP contribution in [-0.4, -0.2) is 34.1 Å². The van der Waals surface area contributed by atoms with Crippen molar-refractivity contribution in [1.82, 2.24) is 20.3 Å². The summed E-state index contributed by atoms with van der Waals surface area (Å²) in [6.07, 6.45) is 5.58. The van der Waals surface area contributed by atoms with Crippen LogP contribution in [0.25, 0.3) is 0 Å². The first-order valence-electron chi connectivity index (χ1n) is 7.89. The lowest BCUT2D eigenvalue weighted by Crippen LogP contribution is -2.35. The second-order valence-electron chi connectivity index (χ2n) is 5.75. The van der Waals surface area contributed by atoms with Gasteiger partial charge < -0.3 is 10.6 Å². The molecule has 0 amide bonds. The van der Waals surface area contributed by atoms with Crippen LogP contribution >= 0.6 is 0 Å². The number of rotatable bonds is 4. The Hall–Kier alpha value is -2.52. The van der Waals surface area contributed by atoms with Crippen LogP contribution in [-0.2, 0) is 0 Å². The maximum absolute atomic E-state index is 9.59. The van der Waals surface area contributed by atoms with Gasteiger partial charge in [-0.25, -0.2) is 9.97 Å². The highest BCUT2D eigenvalue weighted by atomic mass is 15.1. The molecule has 1 saturated heterocycles. The molecule has 3 rings (SSSR count). The first-order chi connectivity index (χ1) is 11.3. The van der Waals surface area contributed by atoms with Gasteiger partial charge >= 0.3 is 0 Å². The highest BCUT2D eigenvalue weighted by molar-refractivity contribution is 5.38. The summed E-state index contributed by atoms with van der Waals surface area (Å²) in [5.41, 5.74) is 2.33. The Balaban J connectivity index is 1.86. The number of hydrogen-bond acceptors (Lipinski definition) is 6. The molecule has 0 saturated carbocycles. The molecule has 2 aromatic rings. The molecular weight excluding hydrogens is 288 g/mol. The fourth-order valence-corrected chi connectivity index (χ4v) is 2.78. The molecule has 1 aliphatic rings. The van der Waals surface area contributed by atoms with Gasteiger partial charge in [-0.15, -0.1) is 0 Å². The van der Waals surface area contributed by atoms with Gasteiger partial charge in [-0.2, -0.15) is 5.26 Å². The second-order valence-corrected chi connectivity index (χ2v) is 5.75. The van der Waals surface area contributed by atoms with Crippen LogP contribution in [0.15, 0.2) is 30.6 Å². The lowest BCUT2D eigenvalue weighted by atomic mass is 9.99. The first kappa shape index (κ1) is 15.4. The summed E-state index contributed by atoms with van der Waals surface area (Å²) in [4.78, 5) is 13.3. The molecule has 2 N–H and O–H groups in total. The molecule has 118 valence electrons. The Kier molecular flexibility index (Phi) is 4.79. The van der Waals surface area contributed by atoms with Crippen LogP contribution in [0, 0.1) is 18.3 Å². The third-order valence-corrected chi connectivity index (χ3v) is 4.07. The van der Waals surface area contributed by atoms with Gasteiger partial charge in [0.1, 0.15) is 5.92 Å². The van der Waals surface area contributed by atoms with Gasteiger partial charge in [-0.05, 0) is 50.6 Å². The van der Waals surface area contributed by atoms with E-state index in [1.54, 1.807) is 12.4 Å². The maximum Gasteiger partial charge on any atom is 0.223 e. The first-order valence-corrected chi connectivity index (χ1v) is 7.89. The van der Waals surface area contributed by atoms with Gasteiger partial charge in [0.2, 0.25) is 5.95 Å². The largest absolute Gasteiger partial charge is 0.351 e. The zero-order valence-corrected chi connectivity index (χ0v) is 13.2. The van der Waals surface area contributed by atoms with Crippen LogP contribution in [0.4, 0.5) is 5.95 Å². The van der Waals surface area contributed by atoms with Crippen molar-refractivity contribution in [3.05, 3.63) is 47.5 Å². The molecular formula is C17H20N6. The number of nitriles is 1. The molecule has 2 aromatic heterocycles. The smallest absolute Gasteiger partial charge is 0.223 e. The van der Waals surface area contributed by atoms with Crippen molar-refractivity contribution in [3.63, 3.8) is 0 Å². The van der Waals surface area contributed by atoms with Gasteiger partial charge in [0.25, 0.3) is 0 Å². The number of aromatic nitrogens is 3. The predicted octanol–water partition coefficient (Wildman–Crippen LogP) is 2.00. The average Bonchev–Trinajstić information content (AvgIpc) is 2.60. The summed E-state index contributed by atoms with van der Waals surface area (Å²) in [7, 11) is 0. The van der Waals surface area contributed by atoms with Crippen LogP contribution in [0.1, 0.15) is 35.7 Å². The van der Waals surface area contributed by atoms with E-state index in [2.05, 4.69) is 31.7 Å². The van der Waals surface area contributed by atoms with Crippen LogP contribution in [0.5, 0.6) is 0 Å². The zero-order chi connectivity index (χ0) is 16.1. The van der Waals surface area contributed by atoms with Crippen molar-refractivity contribution in [2.75, 3.05) is 18.4 Å². The highest BCUT2D eigenvalue weighted by Crippen LogP contribution is 2.24. The van der Waals surface area contributed by atoms with E-state index in [9.17, 15) is 5.26 Å². The summed E-state index contributed by atoms with van der Waals surface area (Å²) in [6, 6.07) is 8.28. The summed E-state index contributed by atoms with van der Waals surface area (Å²) in [5.74, 6) is 0.112. The molecule has 0 radical (unpaired) electrons. The molecule has 6 nitrogen and oxygen atoms in total. The molecule has 1 unspecified atom stereocenters. The minimum atomic E-state index is -0.479. The summed E-state index contributed by atoms with van der Waals surface area (Å²) in [5, 5.41) is 16.3. The predicted molar refractivity (Wildman–Crippen MR) is 88.0 cm³/mol. The summed E-state index contributed by atoms with van der Waals surface area (Å²) in [6.45, 7) is 3.94. The molecule has 0 spiro atoms. The fraction of sp³-hybridized carbons (Fsp3) is 0.412. The van der Waals surface area contributed by atoms with Gasteiger partial charge in [0.05, 0.1) is 17.5 Å². The van der Waals surface area contributed by atoms with Crippen molar-refractivity contribution in [3.8, 4) is 6.07 Å². The van der Waals surface area contributed by atoms with E-state index < -0.39 is 5.92 Å². The third-order valence-electron chi connectivity index (χ3n) is 4.07. The van der Waals surface area contributed by atoms with Crippen molar-refractivity contribution in [2.24, 2.45) is 0 Å². The normalized spacial score (nSPS) is 16.5. The van der Waals surface area contributed by atoms with E-state index in [4.69, 9.17) is 0 Å². The highest BCUT2D eigenvalue weighted by Gasteiger charge is 2.20. The molecule has 0 aliphatic carbocycles. The Morgan fingerprint density at radius 2 is 2.13 bits per heavy atom. The SMILES string of the molecule is Cc1cnc(NC2CCNCC2)nc1C(C#N)c1ccccn1. The Morgan fingerprint density at radius 1 is 1.30 bits per heavy atom. The number of anilines is 1. The summed E-state index contributed by atoms with van der Waals surface area (Å²) < 4.78 is 0. The van der Waals surface area contributed by atoms with Gasteiger partial charge in [0, 0.05) is 18.4 Å². The average molecular weight is 308 g/mol. The van der Waals surface area contributed by atoms with Crippen LogP contribution in [0.2, 0.25) is 0 Å². The quantitative estimate of drug-likeness (QED) is 0.898. The maximum atomic E-state index is 9.59. The van der Waals surface area contributed by atoms with Crippen LogP contribution in [0.3, 0.4) is 0 Å². The second kappa shape index (κ2) is 7.16. The minimum Gasteiger partial charge on any atom is -0.351 e. The number of pyridine rings is 1. The lowest BCUT2D eigenvalue weighted by Gasteiger charge is -2.24. The monoisotopic (exact) mass is 308 g/mol.